The number of carbonyl (C=O) groups is 1. The van der Waals surface area contributed by atoms with Crippen LogP contribution in [0.2, 0.25) is 0 Å². The molecule has 0 saturated carbocycles. The molecule has 1 aliphatic heterocycles. The summed E-state index contributed by atoms with van der Waals surface area (Å²) in [5.74, 6) is 1.40. The fourth-order valence-electron chi connectivity index (χ4n) is 3.24. The minimum Gasteiger partial charge on any atom is -0.497 e. The van der Waals surface area contributed by atoms with Gasteiger partial charge in [0.15, 0.2) is 0 Å². The summed E-state index contributed by atoms with van der Waals surface area (Å²) in [6.07, 6.45) is 0. The third-order valence-electron chi connectivity index (χ3n) is 4.46. The van der Waals surface area contributed by atoms with Gasteiger partial charge in [0.1, 0.15) is 17.2 Å². The highest BCUT2D eigenvalue weighted by Gasteiger charge is 2.35. The number of amides is 1. The lowest BCUT2D eigenvalue weighted by Gasteiger charge is -2.14. The second-order valence-electron chi connectivity index (χ2n) is 6.00. The van der Waals surface area contributed by atoms with Crippen LogP contribution in [0.15, 0.2) is 48.5 Å². The van der Waals surface area contributed by atoms with Gasteiger partial charge in [0.05, 0.1) is 25.5 Å². The summed E-state index contributed by atoms with van der Waals surface area (Å²) in [7, 11) is 1.63. The van der Waals surface area contributed by atoms with E-state index in [-0.39, 0.29) is 11.9 Å². The zero-order valence-corrected chi connectivity index (χ0v) is 14.6. The van der Waals surface area contributed by atoms with Gasteiger partial charge in [-0.3, -0.25) is 9.89 Å². The van der Waals surface area contributed by atoms with Crippen molar-refractivity contribution >= 4 is 5.91 Å². The highest BCUT2D eigenvalue weighted by atomic mass is 16.5. The van der Waals surface area contributed by atoms with Crippen LogP contribution in [0.1, 0.15) is 34.6 Å². The van der Waals surface area contributed by atoms with E-state index in [0.717, 1.165) is 33.9 Å². The van der Waals surface area contributed by atoms with Crippen molar-refractivity contribution in [1.82, 2.24) is 15.5 Å². The Morgan fingerprint density at radius 3 is 2.65 bits per heavy atom. The number of rotatable bonds is 5. The maximum Gasteiger partial charge on any atom is 0.270 e. The first kappa shape index (κ1) is 16.2. The second kappa shape index (κ2) is 6.55. The number of aromatic amines is 1. The molecule has 1 amide bonds. The molecule has 4 rings (SSSR count). The predicted octanol–water partition coefficient (Wildman–Crippen LogP) is 3.32. The highest BCUT2D eigenvalue weighted by molar-refractivity contribution is 6.00. The largest absolute Gasteiger partial charge is 0.497 e. The molecular weight excluding hydrogens is 330 g/mol. The summed E-state index contributed by atoms with van der Waals surface area (Å²) in [6.45, 7) is 2.56. The molecule has 1 aromatic heterocycles. The second-order valence-corrected chi connectivity index (χ2v) is 6.00. The Morgan fingerprint density at radius 2 is 1.92 bits per heavy atom. The predicted molar refractivity (Wildman–Crippen MR) is 97.5 cm³/mol. The Morgan fingerprint density at radius 1 is 1.12 bits per heavy atom. The SMILES string of the molecule is CCOc1ccc([C@H]2NC(=O)c3[nH]nc(-c4cccc(OC)c4)c32)cc1. The molecule has 6 nitrogen and oxygen atoms in total. The average molecular weight is 349 g/mol. The van der Waals surface area contributed by atoms with E-state index < -0.39 is 0 Å². The first-order chi connectivity index (χ1) is 12.7. The van der Waals surface area contributed by atoms with E-state index in [2.05, 4.69) is 15.5 Å². The Hall–Kier alpha value is -3.28. The summed E-state index contributed by atoms with van der Waals surface area (Å²) in [4.78, 5) is 12.4. The molecular formula is C20H19N3O3. The van der Waals surface area contributed by atoms with E-state index in [1.165, 1.54) is 0 Å². The molecule has 0 bridgehead atoms. The van der Waals surface area contributed by atoms with Crippen molar-refractivity contribution in [3.05, 3.63) is 65.4 Å². The number of nitrogens with one attached hydrogen (secondary N) is 2. The minimum absolute atomic E-state index is 0.152. The molecule has 0 aliphatic carbocycles. The Kier molecular flexibility index (Phi) is 4.08. The number of ether oxygens (including phenoxy) is 2. The van der Waals surface area contributed by atoms with Gasteiger partial charge in [-0.25, -0.2) is 0 Å². The van der Waals surface area contributed by atoms with Gasteiger partial charge in [-0.2, -0.15) is 5.10 Å². The summed E-state index contributed by atoms with van der Waals surface area (Å²) in [5.41, 5.74) is 3.98. The van der Waals surface area contributed by atoms with Gasteiger partial charge in [-0.05, 0) is 36.8 Å². The van der Waals surface area contributed by atoms with Crippen LogP contribution < -0.4 is 14.8 Å². The van der Waals surface area contributed by atoms with Crippen LogP contribution in [0.25, 0.3) is 11.3 Å². The fraction of sp³-hybridized carbons (Fsp3) is 0.200. The zero-order valence-electron chi connectivity index (χ0n) is 14.6. The number of fused-ring (bicyclic) bond motifs is 1. The van der Waals surface area contributed by atoms with E-state index in [1.54, 1.807) is 7.11 Å². The molecule has 0 saturated heterocycles. The molecule has 2 heterocycles. The van der Waals surface area contributed by atoms with Crippen LogP contribution in [0.3, 0.4) is 0 Å². The van der Waals surface area contributed by atoms with Crippen molar-refractivity contribution in [2.75, 3.05) is 13.7 Å². The number of carbonyl (C=O) groups excluding carboxylic acids is 1. The van der Waals surface area contributed by atoms with Crippen LogP contribution in [0, 0.1) is 0 Å². The van der Waals surface area contributed by atoms with Crippen molar-refractivity contribution in [2.45, 2.75) is 13.0 Å². The van der Waals surface area contributed by atoms with Crippen LogP contribution in [0.5, 0.6) is 11.5 Å². The average Bonchev–Trinajstić information content (AvgIpc) is 3.24. The number of benzene rings is 2. The monoisotopic (exact) mass is 349 g/mol. The van der Waals surface area contributed by atoms with Gasteiger partial charge in [0.2, 0.25) is 0 Å². The number of methoxy groups -OCH3 is 1. The maximum atomic E-state index is 12.4. The lowest BCUT2D eigenvalue weighted by molar-refractivity contribution is 0.0955. The lowest BCUT2D eigenvalue weighted by atomic mass is 9.96. The quantitative estimate of drug-likeness (QED) is 0.741. The van der Waals surface area contributed by atoms with Crippen molar-refractivity contribution in [3.8, 4) is 22.8 Å². The Bertz CT molecular complexity index is 947. The van der Waals surface area contributed by atoms with Crippen molar-refractivity contribution in [3.63, 3.8) is 0 Å². The third kappa shape index (κ3) is 2.69. The van der Waals surface area contributed by atoms with E-state index in [1.807, 2.05) is 55.5 Å². The van der Waals surface area contributed by atoms with Gasteiger partial charge in [-0.1, -0.05) is 24.3 Å². The third-order valence-corrected chi connectivity index (χ3v) is 4.46. The normalized spacial score (nSPS) is 15.5. The van der Waals surface area contributed by atoms with E-state index in [0.29, 0.717) is 12.3 Å². The molecule has 0 spiro atoms. The molecule has 132 valence electrons. The lowest BCUT2D eigenvalue weighted by Crippen LogP contribution is -2.21. The van der Waals surface area contributed by atoms with Crippen LogP contribution >= 0.6 is 0 Å². The standard InChI is InChI=1S/C20H19N3O3/c1-3-26-14-9-7-12(8-10-14)17-16-18(22-23-19(16)20(24)21-17)13-5-4-6-15(11-13)25-2/h4-11,17H,3H2,1-2H3,(H,21,24)(H,22,23)/t17-/m1/s1. The number of hydrogen-bond donors (Lipinski definition) is 2. The summed E-state index contributed by atoms with van der Waals surface area (Å²) >= 11 is 0. The smallest absolute Gasteiger partial charge is 0.270 e. The summed E-state index contributed by atoms with van der Waals surface area (Å²) in [6, 6.07) is 15.2. The fourth-order valence-corrected chi connectivity index (χ4v) is 3.24. The maximum absolute atomic E-state index is 12.4. The summed E-state index contributed by atoms with van der Waals surface area (Å²) < 4.78 is 10.8. The number of aromatic nitrogens is 2. The number of hydrogen-bond acceptors (Lipinski definition) is 4. The zero-order chi connectivity index (χ0) is 18.1. The molecule has 6 heteroatoms. The molecule has 0 unspecified atom stereocenters. The molecule has 3 aromatic rings. The van der Waals surface area contributed by atoms with Crippen molar-refractivity contribution < 1.29 is 14.3 Å². The van der Waals surface area contributed by atoms with Crippen LogP contribution in [-0.2, 0) is 0 Å². The Labute approximate surface area is 151 Å². The first-order valence-corrected chi connectivity index (χ1v) is 8.47. The van der Waals surface area contributed by atoms with Crippen LogP contribution in [0.4, 0.5) is 0 Å². The molecule has 2 aromatic carbocycles. The first-order valence-electron chi connectivity index (χ1n) is 8.47. The highest BCUT2D eigenvalue weighted by Crippen LogP contribution is 2.38. The van der Waals surface area contributed by atoms with Crippen molar-refractivity contribution in [1.29, 1.82) is 0 Å². The molecule has 26 heavy (non-hydrogen) atoms. The Balaban J connectivity index is 1.76. The topological polar surface area (TPSA) is 76.2 Å². The van der Waals surface area contributed by atoms with E-state index >= 15 is 0 Å². The summed E-state index contributed by atoms with van der Waals surface area (Å²) in [5, 5.41) is 10.3. The van der Waals surface area contributed by atoms with Gasteiger partial charge < -0.3 is 14.8 Å². The molecule has 0 radical (unpaired) electrons. The van der Waals surface area contributed by atoms with Crippen LogP contribution in [-0.4, -0.2) is 29.8 Å². The van der Waals surface area contributed by atoms with E-state index in [9.17, 15) is 4.79 Å². The van der Waals surface area contributed by atoms with Crippen molar-refractivity contribution in [2.24, 2.45) is 0 Å². The van der Waals surface area contributed by atoms with Gasteiger partial charge >= 0.3 is 0 Å². The number of H-pyrrole nitrogens is 1. The minimum atomic E-state index is -0.256. The molecule has 2 N–H and O–H groups in total. The molecule has 1 atom stereocenters. The molecule has 1 aliphatic rings. The van der Waals surface area contributed by atoms with Gasteiger partial charge in [0, 0.05) is 11.1 Å². The molecule has 0 fully saturated rings. The van der Waals surface area contributed by atoms with E-state index in [4.69, 9.17) is 9.47 Å². The van der Waals surface area contributed by atoms with Gasteiger partial charge in [-0.15, -0.1) is 0 Å². The number of nitrogens with zero attached hydrogens (tertiary/aromatic N) is 1. The van der Waals surface area contributed by atoms with Gasteiger partial charge in [0.25, 0.3) is 5.91 Å².